The fourth-order valence-electron chi connectivity index (χ4n) is 3.10. The molecule has 3 amide bonds. The molecule has 0 unspecified atom stereocenters. The first-order valence-corrected chi connectivity index (χ1v) is 9.85. The van der Waals surface area contributed by atoms with Gasteiger partial charge in [0.15, 0.2) is 0 Å². The van der Waals surface area contributed by atoms with Crippen LogP contribution in [-0.2, 0) is 25.7 Å². The lowest BCUT2D eigenvalue weighted by Gasteiger charge is -2.33. The molecule has 0 saturated carbocycles. The van der Waals surface area contributed by atoms with E-state index in [1.807, 2.05) is 30.3 Å². The highest BCUT2D eigenvalue weighted by Crippen LogP contribution is 2.18. The van der Waals surface area contributed by atoms with Gasteiger partial charge in [-0.15, -0.1) is 0 Å². The van der Waals surface area contributed by atoms with E-state index in [2.05, 4.69) is 5.32 Å². The molecule has 8 nitrogen and oxygen atoms in total. The van der Waals surface area contributed by atoms with Crippen LogP contribution in [0, 0.1) is 5.92 Å². The van der Waals surface area contributed by atoms with Crippen LogP contribution in [0.25, 0.3) is 0 Å². The quantitative estimate of drug-likeness (QED) is 0.719. The number of carbonyl (C=O) groups excluding carboxylic acids is 3. The van der Waals surface area contributed by atoms with Crippen molar-refractivity contribution in [3.8, 4) is 0 Å². The number of nitrogens with two attached hydrogens (primary N) is 1. The van der Waals surface area contributed by atoms with Crippen LogP contribution in [0.1, 0.15) is 39.2 Å². The number of nitrogens with zero attached hydrogens (tertiary/aromatic N) is 1. The van der Waals surface area contributed by atoms with Crippen molar-refractivity contribution in [3.63, 3.8) is 0 Å². The van der Waals surface area contributed by atoms with Crippen LogP contribution in [0.15, 0.2) is 30.3 Å². The number of rotatable bonds is 7. The maximum atomic E-state index is 13.0. The van der Waals surface area contributed by atoms with E-state index >= 15 is 0 Å². The minimum atomic E-state index is -0.876. The van der Waals surface area contributed by atoms with Crippen molar-refractivity contribution in [1.82, 2.24) is 10.2 Å². The summed E-state index contributed by atoms with van der Waals surface area (Å²) in [5.74, 6) is -0.816. The number of ether oxygens (including phenoxy) is 2. The molecule has 0 radical (unpaired) electrons. The van der Waals surface area contributed by atoms with E-state index < -0.39 is 17.7 Å². The average molecular weight is 405 g/mol. The molecule has 1 heterocycles. The van der Waals surface area contributed by atoms with Gasteiger partial charge in [-0.05, 0) is 39.2 Å². The van der Waals surface area contributed by atoms with Gasteiger partial charge in [0.25, 0.3) is 0 Å². The maximum absolute atomic E-state index is 13.0. The molecule has 1 aromatic rings. The number of primary amides is 1. The number of alkyl carbamates (subject to hydrolysis) is 1. The molecular weight excluding hydrogens is 374 g/mol. The SMILES string of the molecule is CC(C)(C)OC(=O)N[C@@H](COCc1ccccc1)C(=O)N1CCC(C(N)=O)CC1. The van der Waals surface area contributed by atoms with Gasteiger partial charge >= 0.3 is 6.09 Å². The van der Waals surface area contributed by atoms with E-state index in [4.69, 9.17) is 15.2 Å². The molecule has 3 N–H and O–H groups in total. The van der Waals surface area contributed by atoms with Crippen LogP contribution in [0.4, 0.5) is 4.79 Å². The molecule has 2 rings (SSSR count). The maximum Gasteiger partial charge on any atom is 0.408 e. The summed E-state index contributed by atoms with van der Waals surface area (Å²) in [4.78, 5) is 38.2. The Balaban J connectivity index is 1.97. The summed E-state index contributed by atoms with van der Waals surface area (Å²) in [5, 5.41) is 2.62. The Morgan fingerprint density at radius 2 is 1.79 bits per heavy atom. The van der Waals surface area contributed by atoms with Crippen molar-refractivity contribution in [1.29, 1.82) is 0 Å². The first-order valence-electron chi connectivity index (χ1n) is 9.85. The third kappa shape index (κ3) is 7.73. The van der Waals surface area contributed by atoms with Gasteiger partial charge in [-0.25, -0.2) is 4.79 Å². The molecule has 160 valence electrons. The minimum Gasteiger partial charge on any atom is -0.444 e. The smallest absolute Gasteiger partial charge is 0.408 e. The molecule has 1 aliphatic heterocycles. The summed E-state index contributed by atoms with van der Waals surface area (Å²) in [6.45, 7) is 6.43. The number of hydrogen-bond donors (Lipinski definition) is 2. The van der Waals surface area contributed by atoms with Gasteiger partial charge in [0.1, 0.15) is 11.6 Å². The summed E-state index contributed by atoms with van der Waals surface area (Å²) in [6.07, 6.45) is 0.363. The molecule has 0 aliphatic carbocycles. The van der Waals surface area contributed by atoms with Gasteiger partial charge in [0.2, 0.25) is 11.8 Å². The van der Waals surface area contributed by atoms with E-state index in [0.717, 1.165) is 5.56 Å². The number of hydrogen-bond acceptors (Lipinski definition) is 5. The Morgan fingerprint density at radius 3 is 2.34 bits per heavy atom. The number of benzene rings is 1. The van der Waals surface area contributed by atoms with Gasteiger partial charge in [-0.3, -0.25) is 9.59 Å². The summed E-state index contributed by atoms with van der Waals surface area (Å²) < 4.78 is 11.0. The van der Waals surface area contributed by atoms with Crippen LogP contribution in [0.2, 0.25) is 0 Å². The van der Waals surface area contributed by atoms with Gasteiger partial charge in [-0.1, -0.05) is 30.3 Å². The van der Waals surface area contributed by atoms with Crippen molar-refractivity contribution in [2.45, 2.75) is 51.9 Å². The number of likely N-dealkylation sites (tertiary alicyclic amines) is 1. The standard InChI is InChI=1S/C21H31N3O5/c1-21(2,3)29-20(27)23-17(14-28-13-15-7-5-4-6-8-15)19(26)24-11-9-16(10-12-24)18(22)25/h4-8,16-17H,9-14H2,1-3H3,(H2,22,25)(H,23,27)/t17-/m0/s1. The summed E-state index contributed by atoms with van der Waals surface area (Å²) >= 11 is 0. The molecule has 0 bridgehead atoms. The second-order valence-electron chi connectivity index (χ2n) is 8.20. The lowest BCUT2D eigenvalue weighted by molar-refractivity contribution is -0.138. The van der Waals surface area contributed by atoms with Crippen molar-refractivity contribution < 1.29 is 23.9 Å². The van der Waals surface area contributed by atoms with Crippen molar-refractivity contribution in [3.05, 3.63) is 35.9 Å². The lowest BCUT2D eigenvalue weighted by atomic mass is 9.96. The Morgan fingerprint density at radius 1 is 1.17 bits per heavy atom. The van der Waals surface area contributed by atoms with Crippen LogP contribution >= 0.6 is 0 Å². The average Bonchev–Trinajstić information content (AvgIpc) is 2.66. The predicted molar refractivity (Wildman–Crippen MR) is 108 cm³/mol. The Bertz CT molecular complexity index is 694. The van der Waals surface area contributed by atoms with Crippen LogP contribution in [0.5, 0.6) is 0 Å². The number of amides is 3. The molecular formula is C21H31N3O5. The molecule has 29 heavy (non-hydrogen) atoms. The number of piperidine rings is 1. The van der Waals surface area contributed by atoms with E-state index in [0.29, 0.717) is 32.5 Å². The second-order valence-corrected chi connectivity index (χ2v) is 8.20. The summed E-state index contributed by atoms with van der Waals surface area (Å²) in [5.41, 5.74) is 5.65. The molecule has 0 aromatic heterocycles. The lowest BCUT2D eigenvalue weighted by Crippen LogP contribution is -2.54. The van der Waals surface area contributed by atoms with Crippen molar-refractivity contribution in [2.75, 3.05) is 19.7 Å². The largest absolute Gasteiger partial charge is 0.444 e. The van der Waals surface area contributed by atoms with Crippen LogP contribution in [0.3, 0.4) is 0 Å². The third-order valence-electron chi connectivity index (χ3n) is 4.59. The zero-order valence-corrected chi connectivity index (χ0v) is 17.3. The highest BCUT2D eigenvalue weighted by atomic mass is 16.6. The van der Waals surface area contributed by atoms with Gasteiger partial charge in [-0.2, -0.15) is 0 Å². The molecule has 8 heteroatoms. The highest BCUT2D eigenvalue weighted by Gasteiger charge is 2.32. The van der Waals surface area contributed by atoms with E-state index in [9.17, 15) is 14.4 Å². The number of carbonyl (C=O) groups is 3. The summed E-state index contributed by atoms with van der Waals surface area (Å²) in [7, 11) is 0. The van der Waals surface area contributed by atoms with Crippen molar-refractivity contribution in [2.24, 2.45) is 11.7 Å². The first-order chi connectivity index (χ1) is 13.7. The molecule has 1 fully saturated rings. The molecule has 0 spiro atoms. The predicted octanol–water partition coefficient (Wildman–Crippen LogP) is 1.82. The van der Waals surface area contributed by atoms with E-state index in [-0.39, 0.29) is 24.3 Å². The Hall–Kier alpha value is -2.61. The normalized spacial score (nSPS) is 16.2. The van der Waals surface area contributed by atoms with Crippen LogP contribution in [-0.4, -0.2) is 54.1 Å². The molecule has 1 aromatic carbocycles. The number of nitrogens with one attached hydrogen (secondary N) is 1. The monoisotopic (exact) mass is 405 g/mol. The second kappa shape index (κ2) is 10.2. The van der Waals surface area contributed by atoms with E-state index in [1.54, 1.807) is 25.7 Å². The Kier molecular flexibility index (Phi) is 8.01. The van der Waals surface area contributed by atoms with Crippen LogP contribution < -0.4 is 11.1 Å². The van der Waals surface area contributed by atoms with Gasteiger partial charge in [0.05, 0.1) is 13.2 Å². The molecule has 1 saturated heterocycles. The summed E-state index contributed by atoms with van der Waals surface area (Å²) in [6, 6.07) is 8.69. The fourth-order valence-corrected chi connectivity index (χ4v) is 3.10. The van der Waals surface area contributed by atoms with Gasteiger partial charge < -0.3 is 25.4 Å². The molecule has 1 aliphatic rings. The topological polar surface area (TPSA) is 111 Å². The third-order valence-corrected chi connectivity index (χ3v) is 4.59. The minimum absolute atomic E-state index is 0.0166. The van der Waals surface area contributed by atoms with Crippen molar-refractivity contribution >= 4 is 17.9 Å². The zero-order valence-electron chi connectivity index (χ0n) is 17.3. The first kappa shape index (κ1) is 22.7. The highest BCUT2D eigenvalue weighted by molar-refractivity contribution is 5.86. The van der Waals surface area contributed by atoms with E-state index in [1.165, 1.54) is 0 Å². The zero-order chi connectivity index (χ0) is 21.4. The molecule has 1 atom stereocenters. The van der Waals surface area contributed by atoms with Gasteiger partial charge in [0, 0.05) is 19.0 Å². The Labute approximate surface area is 171 Å². The fraction of sp³-hybridized carbons (Fsp3) is 0.571.